The van der Waals surface area contributed by atoms with Crippen molar-refractivity contribution in [2.24, 2.45) is 5.92 Å². The molecule has 0 radical (unpaired) electrons. The van der Waals surface area contributed by atoms with E-state index in [1.165, 1.54) is 25.0 Å². The number of aromatic nitrogens is 4. The highest BCUT2D eigenvalue weighted by Gasteiger charge is 2.47. The number of amides is 1. The normalized spacial score (nSPS) is 20.1. The summed E-state index contributed by atoms with van der Waals surface area (Å²) in [6.45, 7) is 24.4. The molecule has 1 saturated heterocycles. The van der Waals surface area contributed by atoms with E-state index in [9.17, 15) is 14.4 Å². The molecular formula is C49H63N5O8. The molecule has 2 N–H and O–H groups in total. The van der Waals surface area contributed by atoms with Crippen LogP contribution in [0.15, 0.2) is 30.8 Å². The zero-order chi connectivity index (χ0) is 45.0. The molecule has 5 atom stereocenters. The fourth-order valence-corrected chi connectivity index (χ4v) is 8.67. The maximum absolute atomic E-state index is 13.6. The Bertz CT molecular complexity index is 2460. The van der Waals surface area contributed by atoms with Crippen LogP contribution in [0.25, 0.3) is 50.4 Å². The van der Waals surface area contributed by atoms with Crippen LogP contribution in [-0.2, 0) is 38.1 Å². The van der Waals surface area contributed by atoms with Crippen molar-refractivity contribution in [2.45, 2.75) is 120 Å². The lowest BCUT2D eigenvalue weighted by Gasteiger charge is -2.44. The maximum Gasteiger partial charge on any atom is 0.303 e. The topological polar surface area (TPSA) is 158 Å². The molecule has 6 heterocycles. The molecule has 0 aliphatic carbocycles. The molecule has 3 aromatic rings. The van der Waals surface area contributed by atoms with E-state index in [4.69, 9.17) is 33.7 Å². The van der Waals surface area contributed by atoms with Crippen molar-refractivity contribution in [3.8, 4) is 0 Å². The zero-order valence-corrected chi connectivity index (χ0v) is 38.2. The first-order valence-electron chi connectivity index (χ1n) is 21.7. The van der Waals surface area contributed by atoms with Gasteiger partial charge in [-0.1, -0.05) is 33.4 Å². The van der Waals surface area contributed by atoms with Crippen LogP contribution in [0.2, 0.25) is 0 Å². The van der Waals surface area contributed by atoms with Crippen LogP contribution in [0, 0.1) is 26.7 Å². The molecule has 332 valence electrons. The number of ether oxygens (including phenoxy) is 5. The van der Waals surface area contributed by atoms with Gasteiger partial charge < -0.3 is 38.6 Å². The number of hydrogen-bond donors (Lipinski definition) is 2. The summed E-state index contributed by atoms with van der Waals surface area (Å²) in [5.41, 5.74) is 16.2. The highest BCUT2D eigenvalue weighted by Crippen LogP contribution is 2.38. The molecule has 3 aliphatic heterocycles. The number of rotatable bonds is 15. The van der Waals surface area contributed by atoms with Gasteiger partial charge in [-0.05, 0) is 117 Å². The van der Waals surface area contributed by atoms with Gasteiger partial charge in [0.1, 0.15) is 12.2 Å². The third-order valence-corrected chi connectivity index (χ3v) is 12.4. The number of fused-ring (bicyclic) bond motifs is 8. The number of likely N-dealkylation sites (N-methyl/N-ethyl adjacent to an activating group) is 1. The van der Waals surface area contributed by atoms with Crippen LogP contribution in [0.1, 0.15) is 119 Å². The summed E-state index contributed by atoms with van der Waals surface area (Å²) < 4.78 is 29.1. The zero-order valence-electron chi connectivity index (χ0n) is 38.2. The molecule has 3 aromatic heterocycles. The lowest BCUT2D eigenvalue weighted by Crippen LogP contribution is -2.57. The van der Waals surface area contributed by atoms with Crippen LogP contribution in [0.4, 0.5) is 0 Å². The average molecular weight is 850 g/mol. The van der Waals surface area contributed by atoms with Gasteiger partial charge in [0.15, 0.2) is 12.4 Å². The van der Waals surface area contributed by atoms with E-state index in [0.717, 1.165) is 84.7 Å². The van der Waals surface area contributed by atoms with Gasteiger partial charge in [0.25, 0.3) is 0 Å². The van der Waals surface area contributed by atoms with Gasteiger partial charge in [0, 0.05) is 67.4 Å². The first-order chi connectivity index (χ1) is 29.6. The largest absolute Gasteiger partial charge is 0.458 e. The molecule has 3 aliphatic rings. The second-order valence-electron chi connectivity index (χ2n) is 16.6. The smallest absolute Gasteiger partial charge is 0.303 e. The second kappa shape index (κ2) is 19.8. The molecule has 13 heteroatoms. The Morgan fingerprint density at radius 1 is 0.806 bits per heavy atom. The highest BCUT2D eigenvalue weighted by atomic mass is 16.7. The summed E-state index contributed by atoms with van der Waals surface area (Å²) in [7, 11) is 1.79. The molecule has 8 bridgehead atoms. The highest BCUT2D eigenvalue weighted by molar-refractivity contribution is 5.96. The number of carbonyl (C=O) groups excluding carboxylic acids is 3. The summed E-state index contributed by atoms with van der Waals surface area (Å²) in [6, 6.07) is 8.53. The van der Waals surface area contributed by atoms with Gasteiger partial charge in [-0.25, -0.2) is 9.97 Å². The Morgan fingerprint density at radius 2 is 1.44 bits per heavy atom. The van der Waals surface area contributed by atoms with Gasteiger partial charge in [-0.2, -0.15) is 0 Å². The molecule has 0 saturated carbocycles. The minimum Gasteiger partial charge on any atom is -0.458 e. The molecule has 1 amide bonds. The monoisotopic (exact) mass is 849 g/mol. The van der Waals surface area contributed by atoms with Crippen molar-refractivity contribution in [1.29, 1.82) is 0 Å². The van der Waals surface area contributed by atoms with Crippen molar-refractivity contribution in [1.82, 2.24) is 24.8 Å². The van der Waals surface area contributed by atoms with Gasteiger partial charge in [0.2, 0.25) is 5.91 Å². The van der Waals surface area contributed by atoms with Crippen molar-refractivity contribution in [2.75, 3.05) is 33.4 Å². The molecular weight excluding hydrogens is 787 g/mol. The molecule has 62 heavy (non-hydrogen) atoms. The molecule has 13 nitrogen and oxygen atoms in total. The number of H-pyrrole nitrogens is 2. The Balaban J connectivity index is 1.15. The number of hydrogen-bond acceptors (Lipinski definition) is 10. The van der Waals surface area contributed by atoms with Crippen molar-refractivity contribution in [3.05, 3.63) is 75.9 Å². The summed E-state index contributed by atoms with van der Waals surface area (Å²) in [5.74, 6) is -1.34. The minimum absolute atomic E-state index is 0.00103. The lowest BCUT2D eigenvalue weighted by atomic mass is 9.90. The van der Waals surface area contributed by atoms with E-state index in [1.807, 2.05) is 19.9 Å². The summed E-state index contributed by atoms with van der Waals surface area (Å²) >= 11 is 0. The first kappa shape index (κ1) is 46.1. The van der Waals surface area contributed by atoms with Crippen molar-refractivity contribution >= 4 is 68.3 Å². The van der Waals surface area contributed by atoms with E-state index >= 15 is 0 Å². The summed E-state index contributed by atoms with van der Waals surface area (Å²) in [6.07, 6.45) is 1.47. The number of nitrogens with one attached hydrogen (secondary N) is 2. The number of allylic oxidation sites excluding steroid dienone is 4. The van der Waals surface area contributed by atoms with E-state index < -0.39 is 42.5 Å². The first-order valence-corrected chi connectivity index (χ1v) is 21.7. The average Bonchev–Trinajstić information content (AvgIpc) is 3.93. The predicted octanol–water partition coefficient (Wildman–Crippen LogP) is 9.06. The quantitative estimate of drug-likeness (QED) is 0.112. The number of carbonyl (C=O) groups is 3. The van der Waals surface area contributed by atoms with Gasteiger partial charge >= 0.3 is 11.9 Å². The van der Waals surface area contributed by atoms with Crippen molar-refractivity contribution in [3.63, 3.8) is 0 Å². The van der Waals surface area contributed by atoms with Crippen LogP contribution < -0.4 is 0 Å². The van der Waals surface area contributed by atoms with Crippen molar-refractivity contribution < 1.29 is 38.1 Å². The Labute approximate surface area is 365 Å². The van der Waals surface area contributed by atoms with Crippen LogP contribution in [0.5, 0.6) is 0 Å². The van der Waals surface area contributed by atoms with Crippen LogP contribution in [-0.4, -0.2) is 101 Å². The Hall–Kier alpha value is -5.37. The lowest BCUT2D eigenvalue weighted by molar-refractivity contribution is -0.285. The predicted molar refractivity (Wildman–Crippen MR) is 243 cm³/mol. The maximum atomic E-state index is 13.6. The molecule has 0 unspecified atom stereocenters. The van der Waals surface area contributed by atoms with Gasteiger partial charge in [-0.3, -0.25) is 14.4 Å². The van der Waals surface area contributed by atoms with Gasteiger partial charge in [-0.15, -0.1) is 0 Å². The van der Waals surface area contributed by atoms with E-state index in [0.29, 0.717) is 32.4 Å². The molecule has 6 rings (SSSR count). The van der Waals surface area contributed by atoms with E-state index in [1.54, 1.807) is 11.9 Å². The van der Waals surface area contributed by atoms with Crippen LogP contribution in [0.3, 0.4) is 0 Å². The van der Waals surface area contributed by atoms with E-state index in [-0.39, 0.29) is 19.1 Å². The number of nitrogens with zero attached hydrogens (tertiary/aromatic N) is 3. The number of aryl methyl sites for hydroxylation is 3. The SMILES string of the molecule is C=Cc1c(C)c2cc3nc(c(C)c4cc(C)c(cc5nc(cc1[nH]2)C(C)=C5CC)[nH]4)C(CCC(=O)N(C)CCOCCO[C@@H]1O[C@H](CC)[C@@H](OC(C)=O)[C@H](OC(C)=O)[C@H]1C)=C3C. The fourth-order valence-electron chi connectivity index (χ4n) is 8.67. The van der Waals surface area contributed by atoms with E-state index in [2.05, 4.69) is 82.4 Å². The fraction of sp³-hybridized carbons (Fsp3) is 0.490. The summed E-state index contributed by atoms with van der Waals surface area (Å²) in [5, 5.41) is 0. The van der Waals surface area contributed by atoms with Crippen LogP contribution >= 0.6 is 0 Å². The third-order valence-electron chi connectivity index (χ3n) is 12.4. The third kappa shape index (κ3) is 9.80. The Morgan fingerprint density at radius 3 is 2.11 bits per heavy atom. The number of esters is 2. The second-order valence-corrected chi connectivity index (χ2v) is 16.6. The molecule has 0 aromatic carbocycles. The number of aromatic amines is 2. The standard InChI is InChI=1S/C49H63N5O8/c1-13-34-28(6)40-25-43-35(14-2)27(5)39(51-43)24-41-29(7)36(46(53-41)30(8)38-22-26(4)37(50-38)23-42(34)52-40)16-17-45(57)54(12)18-19-58-20-21-59-49-31(9)47(60-32(10)55)48(61-33(11)56)44(15-3)62-49/h14,22-25,31,44,47-51H,2,13,15-21H2,1,3-12H3/t31-,44-,47-,48-,49-/m1/s1. The molecule has 0 spiro atoms. The summed E-state index contributed by atoms with van der Waals surface area (Å²) in [4.78, 5) is 56.7. The minimum atomic E-state index is -0.730. The molecule has 1 fully saturated rings. The van der Waals surface area contributed by atoms with Gasteiger partial charge in [0.05, 0.1) is 42.6 Å². The Kier molecular flexibility index (Phi) is 14.7.